The summed E-state index contributed by atoms with van der Waals surface area (Å²) in [7, 11) is 1.40. The van der Waals surface area contributed by atoms with E-state index in [1.54, 1.807) is 18.2 Å². The highest BCUT2D eigenvalue weighted by Gasteiger charge is 2.32. The van der Waals surface area contributed by atoms with Gasteiger partial charge < -0.3 is 14.0 Å². The van der Waals surface area contributed by atoms with E-state index in [1.807, 2.05) is 0 Å². The maximum atomic E-state index is 13.4. The highest BCUT2D eigenvalue weighted by molar-refractivity contribution is 6.22. The van der Waals surface area contributed by atoms with Gasteiger partial charge in [-0.3, -0.25) is 19.2 Å². The van der Waals surface area contributed by atoms with Crippen molar-refractivity contribution < 1.29 is 37.0 Å². The van der Waals surface area contributed by atoms with Gasteiger partial charge in [-0.2, -0.15) is 0 Å². The molecule has 0 atom stereocenters. The van der Waals surface area contributed by atoms with Crippen LogP contribution in [0.3, 0.4) is 0 Å². The van der Waals surface area contributed by atoms with Crippen LogP contribution in [0.15, 0.2) is 53.3 Å². The minimum Gasteiger partial charge on any atom is -0.425 e. The molecule has 3 rings (SSSR count). The van der Waals surface area contributed by atoms with Crippen LogP contribution >= 0.6 is 0 Å². The first-order valence-corrected chi connectivity index (χ1v) is 9.41. The second kappa shape index (κ2) is 8.77. The molecule has 2 aromatic carbocycles. The van der Waals surface area contributed by atoms with Crippen molar-refractivity contribution in [1.82, 2.24) is 4.57 Å². The number of ether oxygens (including phenoxy) is 2. The molecule has 3 aromatic rings. The molecule has 33 heavy (non-hydrogen) atoms. The minimum absolute atomic E-state index is 0.119. The zero-order chi connectivity index (χ0) is 24.5. The van der Waals surface area contributed by atoms with Gasteiger partial charge in [0.1, 0.15) is 11.3 Å². The minimum atomic E-state index is -4.92. The summed E-state index contributed by atoms with van der Waals surface area (Å²) in [6, 6.07) is 10.3. The molecular weight excluding hydrogens is 445 g/mol. The standard InChI is InChI=1S/C22H17F3N2O6/c1-12(28)27(14-8-10-15(11-9-14)33-22(23,24)25)21(31)18-19(32-13(2)29)16-6-4-5-7-17(16)26(3)20(18)30/h4-11H,1-3H3. The topological polar surface area (TPSA) is 94.9 Å². The van der Waals surface area contributed by atoms with Crippen LogP contribution in [-0.4, -0.2) is 28.7 Å². The summed E-state index contributed by atoms with van der Waals surface area (Å²) in [6.45, 7) is 2.12. The number of hydrogen-bond acceptors (Lipinski definition) is 6. The molecule has 1 heterocycles. The number of benzene rings is 2. The van der Waals surface area contributed by atoms with Gasteiger partial charge in [-0.25, -0.2) is 4.90 Å². The second-order valence-corrected chi connectivity index (χ2v) is 6.88. The molecule has 0 saturated heterocycles. The first-order valence-electron chi connectivity index (χ1n) is 9.41. The molecule has 0 fully saturated rings. The van der Waals surface area contributed by atoms with Crippen molar-refractivity contribution in [3.63, 3.8) is 0 Å². The summed E-state index contributed by atoms with van der Waals surface area (Å²) < 4.78 is 47.4. The van der Waals surface area contributed by atoms with Crippen LogP contribution in [-0.2, 0) is 16.6 Å². The summed E-state index contributed by atoms with van der Waals surface area (Å²) in [5.74, 6) is -3.63. The van der Waals surface area contributed by atoms with Gasteiger partial charge in [0.25, 0.3) is 11.5 Å². The Morgan fingerprint density at radius 2 is 1.58 bits per heavy atom. The summed E-state index contributed by atoms with van der Waals surface area (Å²) in [4.78, 5) is 51.1. The van der Waals surface area contributed by atoms with E-state index in [4.69, 9.17) is 4.74 Å². The average Bonchev–Trinajstić information content (AvgIpc) is 2.71. The number of fused-ring (bicyclic) bond motifs is 1. The number of aromatic nitrogens is 1. The van der Waals surface area contributed by atoms with Gasteiger partial charge in [-0.05, 0) is 36.4 Å². The summed E-state index contributed by atoms with van der Waals surface area (Å²) in [6.07, 6.45) is -4.92. The molecule has 11 heteroatoms. The number of esters is 1. The van der Waals surface area contributed by atoms with Crippen LogP contribution in [0.5, 0.6) is 11.5 Å². The Bertz CT molecular complexity index is 1310. The van der Waals surface area contributed by atoms with Gasteiger partial charge in [0.2, 0.25) is 5.91 Å². The number of alkyl halides is 3. The van der Waals surface area contributed by atoms with Crippen molar-refractivity contribution in [1.29, 1.82) is 0 Å². The lowest BCUT2D eigenvalue weighted by molar-refractivity contribution is -0.274. The summed E-state index contributed by atoms with van der Waals surface area (Å²) in [5, 5.41) is 0.274. The van der Waals surface area contributed by atoms with E-state index in [9.17, 15) is 32.3 Å². The molecule has 0 aliphatic heterocycles. The number of amides is 2. The molecular formula is C22H17F3N2O6. The highest BCUT2D eigenvalue weighted by Crippen LogP contribution is 2.31. The maximum absolute atomic E-state index is 13.4. The fourth-order valence-electron chi connectivity index (χ4n) is 3.26. The summed E-state index contributed by atoms with van der Waals surface area (Å²) in [5.41, 5.74) is -1.17. The molecule has 0 N–H and O–H groups in total. The smallest absolute Gasteiger partial charge is 0.425 e. The van der Waals surface area contributed by atoms with E-state index in [1.165, 1.54) is 13.1 Å². The predicted octanol–water partition coefficient (Wildman–Crippen LogP) is 3.56. The zero-order valence-corrected chi connectivity index (χ0v) is 17.6. The van der Waals surface area contributed by atoms with Crippen LogP contribution in [0.1, 0.15) is 24.2 Å². The Kier molecular flexibility index (Phi) is 6.25. The van der Waals surface area contributed by atoms with Crippen LogP contribution in [0.2, 0.25) is 0 Å². The molecule has 0 aliphatic carbocycles. The number of nitrogens with zero attached hydrogens (tertiary/aromatic N) is 2. The van der Waals surface area contributed by atoms with Crippen molar-refractivity contribution in [2.75, 3.05) is 4.90 Å². The van der Waals surface area contributed by atoms with E-state index < -0.39 is 41.0 Å². The van der Waals surface area contributed by atoms with Gasteiger partial charge in [0.15, 0.2) is 5.75 Å². The zero-order valence-electron chi connectivity index (χ0n) is 17.6. The van der Waals surface area contributed by atoms with Crippen LogP contribution in [0, 0.1) is 0 Å². The number of anilines is 1. The third-order valence-corrected chi connectivity index (χ3v) is 4.56. The summed E-state index contributed by atoms with van der Waals surface area (Å²) >= 11 is 0. The Hall–Kier alpha value is -4.15. The van der Waals surface area contributed by atoms with Gasteiger partial charge in [0, 0.05) is 26.3 Å². The Labute approximate surface area is 184 Å². The molecule has 172 valence electrons. The molecule has 0 radical (unpaired) electrons. The average molecular weight is 462 g/mol. The van der Waals surface area contributed by atoms with Crippen LogP contribution in [0.25, 0.3) is 10.9 Å². The van der Waals surface area contributed by atoms with Gasteiger partial charge in [0.05, 0.1) is 11.2 Å². The number of hydrogen-bond donors (Lipinski definition) is 0. The molecule has 0 spiro atoms. The quantitative estimate of drug-likeness (QED) is 0.551. The predicted molar refractivity (Wildman–Crippen MR) is 111 cm³/mol. The second-order valence-electron chi connectivity index (χ2n) is 6.88. The Balaban J connectivity index is 2.18. The van der Waals surface area contributed by atoms with Gasteiger partial charge in [-0.15, -0.1) is 13.2 Å². The van der Waals surface area contributed by atoms with Gasteiger partial charge >= 0.3 is 12.3 Å². The molecule has 0 aliphatic rings. The van der Waals surface area contributed by atoms with E-state index in [-0.39, 0.29) is 16.8 Å². The fraction of sp³-hybridized carbons (Fsp3) is 0.182. The van der Waals surface area contributed by atoms with Crippen molar-refractivity contribution in [2.45, 2.75) is 20.2 Å². The number of carbonyl (C=O) groups is 3. The third-order valence-electron chi connectivity index (χ3n) is 4.56. The number of imide groups is 1. The Morgan fingerprint density at radius 3 is 2.12 bits per heavy atom. The monoisotopic (exact) mass is 462 g/mol. The van der Waals surface area contributed by atoms with Crippen LogP contribution in [0.4, 0.5) is 18.9 Å². The number of halogens is 3. The van der Waals surface area contributed by atoms with Crippen LogP contribution < -0.4 is 19.9 Å². The lowest BCUT2D eigenvalue weighted by atomic mass is 10.1. The molecule has 2 amide bonds. The number of pyridine rings is 1. The third kappa shape index (κ3) is 4.86. The molecule has 0 saturated carbocycles. The fourth-order valence-corrected chi connectivity index (χ4v) is 3.26. The number of carbonyl (C=O) groups excluding carboxylic acids is 3. The van der Waals surface area contributed by atoms with Crippen molar-refractivity contribution in [3.8, 4) is 11.5 Å². The number of para-hydroxylation sites is 1. The van der Waals surface area contributed by atoms with E-state index in [0.29, 0.717) is 10.4 Å². The normalized spacial score (nSPS) is 11.2. The Morgan fingerprint density at radius 1 is 0.970 bits per heavy atom. The largest absolute Gasteiger partial charge is 0.573 e. The number of rotatable bonds is 4. The van der Waals surface area contributed by atoms with E-state index >= 15 is 0 Å². The SMILES string of the molecule is CC(=O)Oc1c(C(=O)N(C(C)=O)c2ccc(OC(F)(F)F)cc2)c(=O)n(C)c2ccccc12. The lowest BCUT2D eigenvalue weighted by Gasteiger charge is -2.22. The van der Waals surface area contributed by atoms with Crippen molar-refractivity contribution in [2.24, 2.45) is 7.05 Å². The number of aryl methyl sites for hydroxylation is 1. The van der Waals surface area contributed by atoms with Crippen molar-refractivity contribution >= 4 is 34.4 Å². The molecule has 8 nitrogen and oxygen atoms in total. The van der Waals surface area contributed by atoms with Crippen molar-refractivity contribution in [3.05, 3.63) is 64.4 Å². The first kappa shape index (κ1) is 23.5. The molecule has 1 aromatic heterocycles. The first-order chi connectivity index (χ1) is 15.4. The van der Waals surface area contributed by atoms with E-state index in [2.05, 4.69) is 4.74 Å². The van der Waals surface area contributed by atoms with E-state index in [0.717, 1.165) is 42.7 Å². The van der Waals surface area contributed by atoms with Gasteiger partial charge in [-0.1, -0.05) is 12.1 Å². The molecule has 0 unspecified atom stereocenters. The maximum Gasteiger partial charge on any atom is 0.573 e. The molecule has 0 bridgehead atoms. The highest BCUT2D eigenvalue weighted by atomic mass is 19.4. The lowest BCUT2D eigenvalue weighted by Crippen LogP contribution is -2.40.